The van der Waals surface area contributed by atoms with Crippen LogP contribution in [-0.4, -0.2) is 14.5 Å². The molecule has 2 N–H and O–H groups in total. The maximum atomic E-state index is 12.9. The molecular formula is C10H11FN2O3S. The Bertz CT molecular complexity index is 551. The highest BCUT2D eigenvalue weighted by Gasteiger charge is 2.18. The van der Waals surface area contributed by atoms with E-state index in [-0.39, 0.29) is 5.75 Å². The normalized spacial score (nSPS) is 12.8. The van der Waals surface area contributed by atoms with Crippen molar-refractivity contribution in [3.63, 3.8) is 0 Å². The van der Waals surface area contributed by atoms with E-state index in [1.165, 1.54) is 0 Å². The van der Waals surface area contributed by atoms with Crippen LogP contribution in [0.3, 0.4) is 0 Å². The van der Waals surface area contributed by atoms with Gasteiger partial charge in [-0.3, -0.25) is 0 Å². The summed E-state index contributed by atoms with van der Waals surface area (Å²) in [4.78, 5) is -0.466. The van der Waals surface area contributed by atoms with Crippen LogP contribution in [0.25, 0.3) is 0 Å². The molecule has 0 aliphatic heterocycles. The number of primary sulfonamides is 1. The third kappa shape index (κ3) is 3.41. The number of nitrogens with two attached hydrogens (primary N) is 1. The van der Waals surface area contributed by atoms with Gasteiger partial charge in [0.1, 0.15) is 22.5 Å². The zero-order valence-electron chi connectivity index (χ0n) is 9.05. The number of hydrogen-bond acceptors (Lipinski definition) is 4. The first kappa shape index (κ1) is 13.4. The Kier molecular flexibility index (Phi) is 4.04. The van der Waals surface area contributed by atoms with Crippen LogP contribution in [0.2, 0.25) is 0 Å². The first-order chi connectivity index (χ1) is 7.88. The van der Waals surface area contributed by atoms with Crippen LogP contribution in [0.4, 0.5) is 4.39 Å². The van der Waals surface area contributed by atoms with E-state index in [9.17, 15) is 12.8 Å². The van der Waals surface area contributed by atoms with E-state index in [1.807, 2.05) is 6.07 Å². The molecule has 17 heavy (non-hydrogen) atoms. The first-order valence-corrected chi connectivity index (χ1v) is 6.31. The molecule has 0 spiro atoms. The summed E-state index contributed by atoms with van der Waals surface area (Å²) in [6.45, 7) is 1.70. The van der Waals surface area contributed by atoms with Crippen molar-refractivity contribution in [2.24, 2.45) is 5.14 Å². The molecule has 1 aromatic carbocycles. The lowest BCUT2D eigenvalue weighted by molar-refractivity contribution is 0.245. The molecule has 0 saturated carbocycles. The maximum absolute atomic E-state index is 12.9. The molecule has 1 aromatic rings. The van der Waals surface area contributed by atoms with Crippen molar-refractivity contribution in [2.75, 3.05) is 0 Å². The van der Waals surface area contributed by atoms with E-state index in [4.69, 9.17) is 15.1 Å². The average molecular weight is 258 g/mol. The van der Waals surface area contributed by atoms with Crippen LogP contribution in [0, 0.1) is 17.1 Å². The topological polar surface area (TPSA) is 93.2 Å². The second-order valence-corrected chi connectivity index (χ2v) is 4.81. The van der Waals surface area contributed by atoms with Gasteiger partial charge in [0.25, 0.3) is 0 Å². The highest BCUT2D eigenvalue weighted by molar-refractivity contribution is 7.89. The summed E-state index contributed by atoms with van der Waals surface area (Å²) in [6.07, 6.45) is -0.432. The first-order valence-electron chi connectivity index (χ1n) is 4.77. The monoisotopic (exact) mass is 258 g/mol. The van der Waals surface area contributed by atoms with Crippen molar-refractivity contribution in [1.82, 2.24) is 0 Å². The molecule has 0 fully saturated rings. The number of sulfonamides is 1. The molecular weight excluding hydrogens is 247 g/mol. The van der Waals surface area contributed by atoms with E-state index < -0.39 is 26.8 Å². The molecule has 0 radical (unpaired) electrons. The molecule has 1 unspecified atom stereocenters. The zero-order valence-corrected chi connectivity index (χ0v) is 9.87. The summed E-state index contributed by atoms with van der Waals surface area (Å²) in [7, 11) is -4.09. The number of benzene rings is 1. The summed E-state index contributed by atoms with van der Waals surface area (Å²) in [6, 6.07) is 4.77. The van der Waals surface area contributed by atoms with Crippen LogP contribution in [0.1, 0.15) is 13.3 Å². The summed E-state index contributed by atoms with van der Waals surface area (Å²) in [5.41, 5.74) is 0. The fourth-order valence-electron chi connectivity index (χ4n) is 1.16. The standard InChI is InChI=1S/C10H11FN2O3S/c1-2-8(6-12)16-9-4-3-7(11)5-10(9)17(13,14)15/h3-5,8H,2H2,1H3,(H2,13,14,15). The zero-order chi connectivity index (χ0) is 13.1. The predicted octanol–water partition coefficient (Wildman–Crippen LogP) is 1.15. The van der Waals surface area contributed by atoms with Gasteiger partial charge in [0.05, 0.1) is 0 Å². The van der Waals surface area contributed by atoms with E-state index in [0.29, 0.717) is 6.42 Å². The molecule has 1 rings (SSSR count). The van der Waals surface area contributed by atoms with Crippen LogP contribution >= 0.6 is 0 Å². The summed E-state index contributed by atoms with van der Waals surface area (Å²) in [5.74, 6) is -0.867. The van der Waals surface area contributed by atoms with Crippen LogP contribution in [0.15, 0.2) is 23.1 Å². The van der Waals surface area contributed by atoms with Crippen molar-refractivity contribution >= 4 is 10.0 Å². The maximum Gasteiger partial charge on any atom is 0.241 e. The van der Waals surface area contributed by atoms with Gasteiger partial charge in [-0.25, -0.2) is 17.9 Å². The van der Waals surface area contributed by atoms with Gasteiger partial charge in [0.15, 0.2) is 6.10 Å². The van der Waals surface area contributed by atoms with Gasteiger partial charge in [0.2, 0.25) is 10.0 Å². The Morgan fingerprint density at radius 2 is 2.24 bits per heavy atom. The molecule has 0 aromatic heterocycles. The summed E-state index contributed by atoms with van der Waals surface area (Å²) >= 11 is 0. The minimum atomic E-state index is -4.09. The van der Waals surface area contributed by atoms with Crippen molar-refractivity contribution in [2.45, 2.75) is 24.3 Å². The Hall–Kier alpha value is -1.65. The Balaban J connectivity index is 3.21. The number of ether oxygens (including phenoxy) is 1. The Morgan fingerprint density at radius 3 is 2.71 bits per heavy atom. The molecule has 92 valence electrons. The summed E-state index contributed by atoms with van der Waals surface area (Å²) < 4.78 is 40.5. The highest BCUT2D eigenvalue weighted by atomic mass is 32.2. The average Bonchev–Trinajstić information content (AvgIpc) is 2.26. The smallest absolute Gasteiger partial charge is 0.241 e. The largest absolute Gasteiger partial charge is 0.474 e. The SMILES string of the molecule is CCC(C#N)Oc1ccc(F)cc1S(N)(=O)=O. The molecule has 0 amide bonds. The van der Waals surface area contributed by atoms with E-state index in [0.717, 1.165) is 18.2 Å². The van der Waals surface area contributed by atoms with Gasteiger partial charge >= 0.3 is 0 Å². The lowest BCUT2D eigenvalue weighted by Crippen LogP contribution is -2.18. The van der Waals surface area contributed by atoms with Gasteiger partial charge in [0, 0.05) is 0 Å². The fraction of sp³-hybridized carbons (Fsp3) is 0.300. The number of nitriles is 1. The van der Waals surface area contributed by atoms with Crippen LogP contribution < -0.4 is 9.88 Å². The molecule has 0 heterocycles. The molecule has 1 atom stereocenters. The second-order valence-electron chi connectivity index (χ2n) is 3.28. The number of hydrogen-bond donors (Lipinski definition) is 1. The third-order valence-electron chi connectivity index (χ3n) is 2.00. The Morgan fingerprint density at radius 1 is 1.59 bits per heavy atom. The van der Waals surface area contributed by atoms with Gasteiger partial charge < -0.3 is 4.74 Å². The lowest BCUT2D eigenvalue weighted by atomic mass is 10.3. The van der Waals surface area contributed by atoms with Crippen molar-refractivity contribution < 1.29 is 17.5 Å². The Labute approximate surface area is 98.7 Å². The number of nitrogens with zero attached hydrogens (tertiary/aromatic N) is 1. The number of halogens is 1. The van der Waals surface area contributed by atoms with Gasteiger partial charge in [-0.15, -0.1) is 0 Å². The van der Waals surface area contributed by atoms with Gasteiger partial charge in [-0.1, -0.05) is 6.92 Å². The van der Waals surface area contributed by atoms with Crippen molar-refractivity contribution in [1.29, 1.82) is 5.26 Å². The van der Waals surface area contributed by atoms with Crippen LogP contribution in [0.5, 0.6) is 5.75 Å². The fourth-order valence-corrected chi connectivity index (χ4v) is 1.83. The van der Waals surface area contributed by atoms with Crippen molar-refractivity contribution in [3.05, 3.63) is 24.0 Å². The minimum absolute atomic E-state index is 0.123. The second kappa shape index (κ2) is 5.12. The highest BCUT2D eigenvalue weighted by Crippen LogP contribution is 2.25. The molecule has 0 bridgehead atoms. The summed E-state index contributed by atoms with van der Waals surface area (Å²) in [5, 5.41) is 13.6. The van der Waals surface area contributed by atoms with E-state index in [1.54, 1.807) is 6.92 Å². The van der Waals surface area contributed by atoms with E-state index >= 15 is 0 Å². The molecule has 7 heteroatoms. The van der Waals surface area contributed by atoms with Gasteiger partial charge in [-0.05, 0) is 24.6 Å². The quantitative estimate of drug-likeness (QED) is 0.876. The predicted molar refractivity (Wildman–Crippen MR) is 58.1 cm³/mol. The minimum Gasteiger partial charge on any atom is -0.474 e. The van der Waals surface area contributed by atoms with Crippen LogP contribution in [-0.2, 0) is 10.0 Å². The third-order valence-corrected chi connectivity index (χ3v) is 2.93. The van der Waals surface area contributed by atoms with Crippen molar-refractivity contribution in [3.8, 4) is 11.8 Å². The molecule has 0 saturated heterocycles. The van der Waals surface area contributed by atoms with Gasteiger partial charge in [-0.2, -0.15) is 5.26 Å². The van der Waals surface area contributed by atoms with E-state index in [2.05, 4.69) is 0 Å². The molecule has 0 aliphatic rings. The lowest BCUT2D eigenvalue weighted by Gasteiger charge is -2.13. The number of rotatable bonds is 4. The molecule has 5 nitrogen and oxygen atoms in total. The molecule has 0 aliphatic carbocycles.